The molecular weight excluding hydrogens is 340 g/mol. The van der Waals surface area contributed by atoms with E-state index in [1.54, 1.807) is 24.3 Å². The summed E-state index contributed by atoms with van der Waals surface area (Å²) in [5.41, 5.74) is -0.933. The van der Waals surface area contributed by atoms with Gasteiger partial charge in [-0.2, -0.15) is 0 Å². The number of sulfone groups is 1. The minimum atomic E-state index is -3.31. The smallest absolute Gasteiger partial charge is 0.179 e. The molecule has 2 fully saturated rings. The van der Waals surface area contributed by atoms with Crippen LogP contribution in [-0.2, 0) is 14.6 Å². The highest BCUT2D eigenvalue weighted by Gasteiger charge is 2.35. The van der Waals surface area contributed by atoms with Gasteiger partial charge in [0.15, 0.2) is 9.84 Å². The van der Waals surface area contributed by atoms with Gasteiger partial charge in [0.05, 0.1) is 23.9 Å². The zero-order chi connectivity index (χ0) is 17.8. The number of rotatable bonds is 6. The molecule has 2 aliphatic rings. The van der Waals surface area contributed by atoms with E-state index in [0.717, 1.165) is 13.1 Å². The number of aliphatic hydroxyl groups is 1. The van der Waals surface area contributed by atoms with Crippen LogP contribution < -0.4 is 0 Å². The van der Waals surface area contributed by atoms with Crippen LogP contribution in [0.1, 0.15) is 12.8 Å². The largest absolute Gasteiger partial charge is 0.385 e. The summed E-state index contributed by atoms with van der Waals surface area (Å²) in [6, 6.07) is 8.54. The number of likely N-dealkylation sites (tertiary alicyclic amines) is 1. The van der Waals surface area contributed by atoms with Crippen LogP contribution in [0.15, 0.2) is 35.2 Å². The number of benzene rings is 1. The van der Waals surface area contributed by atoms with Crippen molar-refractivity contribution in [3.8, 4) is 0 Å². The molecule has 0 aliphatic carbocycles. The Morgan fingerprint density at radius 1 is 1.08 bits per heavy atom. The first-order valence-electron chi connectivity index (χ1n) is 9.00. The van der Waals surface area contributed by atoms with E-state index >= 15 is 0 Å². The SMILES string of the molecule is O=S(=O)(CCN1CCOC[C@@](O)(CN2CCCC2)C1)c1ccccc1. The van der Waals surface area contributed by atoms with Crippen molar-refractivity contribution in [2.24, 2.45) is 0 Å². The predicted molar refractivity (Wildman–Crippen MR) is 96.4 cm³/mol. The van der Waals surface area contributed by atoms with E-state index in [1.165, 1.54) is 12.8 Å². The second kappa shape index (κ2) is 8.14. The molecule has 0 spiro atoms. The van der Waals surface area contributed by atoms with Crippen LogP contribution in [0.5, 0.6) is 0 Å². The summed E-state index contributed by atoms with van der Waals surface area (Å²) in [6.07, 6.45) is 2.35. The van der Waals surface area contributed by atoms with Gasteiger partial charge in [-0.1, -0.05) is 18.2 Å². The summed E-state index contributed by atoms with van der Waals surface area (Å²) in [5, 5.41) is 11.0. The first-order valence-corrected chi connectivity index (χ1v) is 10.6. The molecule has 0 amide bonds. The summed E-state index contributed by atoms with van der Waals surface area (Å²) in [4.78, 5) is 4.64. The third-order valence-corrected chi connectivity index (χ3v) is 6.65. The number of β-amino-alcohol motifs (C(OH)–C–C–N with tert-alkyl or cyclic N) is 1. The van der Waals surface area contributed by atoms with Crippen molar-refractivity contribution in [2.45, 2.75) is 23.3 Å². The van der Waals surface area contributed by atoms with Crippen molar-refractivity contribution in [2.75, 3.05) is 58.2 Å². The van der Waals surface area contributed by atoms with Crippen LogP contribution in [-0.4, -0.2) is 87.2 Å². The normalized spacial score (nSPS) is 26.6. The van der Waals surface area contributed by atoms with Gasteiger partial charge >= 0.3 is 0 Å². The van der Waals surface area contributed by atoms with Gasteiger partial charge in [-0.25, -0.2) is 8.42 Å². The lowest BCUT2D eigenvalue weighted by Crippen LogP contribution is -2.52. The second-order valence-electron chi connectivity index (χ2n) is 7.17. The Morgan fingerprint density at radius 3 is 2.52 bits per heavy atom. The summed E-state index contributed by atoms with van der Waals surface area (Å²) in [6.45, 7) is 4.97. The van der Waals surface area contributed by atoms with Crippen molar-refractivity contribution >= 4 is 9.84 Å². The molecule has 0 bridgehead atoms. The highest BCUT2D eigenvalue weighted by atomic mass is 32.2. The van der Waals surface area contributed by atoms with Crippen molar-refractivity contribution in [1.29, 1.82) is 0 Å². The predicted octanol–water partition coefficient (Wildman–Crippen LogP) is 0.619. The molecule has 1 aromatic rings. The van der Waals surface area contributed by atoms with Gasteiger partial charge < -0.3 is 14.7 Å². The van der Waals surface area contributed by atoms with Gasteiger partial charge in [0.1, 0.15) is 5.60 Å². The Kier molecular flexibility index (Phi) is 6.12. The van der Waals surface area contributed by atoms with E-state index in [4.69, 9.17) is 4.74 Å². The van der Waals surface area contributed by atoms with Gasteiger partial charge in [0, 0.05) is 26.2 Å². The molecule has 2 heterocycles. The van der Waals surface area contributed by atoms with E-state index < -0.39 is 15.4 Å². The third-order valence-electron chi connectivity index (χ3n) is 4.94. The zero-order valence-electron chi connectivity index (χ0n) is 14.6. The van der Waals surface area contributed by atoms with Gasteiger partial charge in [-0.05, 0) is 38.1 Å². The quantitative estimate of drug-likeness (QED) is 0.794. The van der Waals surface area contributed by atoms with E-state index in [-0.39, 0.29) is 5.75 Å². The highest BCUT2D eigenvalue weighted by Crippen LogP contribution is 2.18. The van der Waals surface area contributed by atoms with Crippen LogP contribution in [0.2, 0.25) is 0 Å². The van der Waals surface area contributed by atoms with Gasteiger partial charge in [0.25, 0.3) is 0 Å². The molecule has 1 aromatic carbocycles. The molecular formula is C18H28N2O4S. The average Bonchev–Trinajstić information content (AvgIpc) is 3.02. The Labute approximate surface area is 150 Å². The van der Waals surface area contributed by atoms with Crippen LogP contribution in [0.3, 0.4) is 0 Å². The molecule has 25 heavy (non-hydrogen) atoms. The van der Waals surface area contributed by atoms with Crippen molar-refractivity contribution in [3.63, 3.8) is 0 Å². The fourth-order valence-corrected chi connectivity index (χ4v) is 4.94. The highest BCUT2D eigenvalue weighted by molar-refractivity contribution is 7.91. The lowest BCUT2D eigenvalue weighted by atomic mass is 10.0. The first kappa shape index (κ1) is 18.8. The lowest BCUT2D eigenvalue weighted by molar-refractivity contribution is -0.0539. The van der Waals surface area contributed by atoms with E-state index in [2.05, 4.69) is 4.90 Å². The Bertz CT molecular complexity index is 646. The molecule has 1 atom stereocenters. The van der Waals surface area contributed by atoms with Crippen LogP contribution in [0.25, 0.3) is 0 Å². The lowest BCUT2D eigenvalue weighted by Gasteiger charge is -2.34. The second-order valence-corrected chi connectivity index (χ2v) is 9.28. The van der Waals surface area contributed by atoms with E-state index in [1.807, 2.05) is 11.0 Å². The average molecular weight is 368 g/mol. The number of nitrogens with zero attached hydrogens (tertiary/aromatic N) is 2. The number of hydrogen-bond acceptors (Lipinski definition) is 6. The molecule has 0 saturated carbocycles. The maximum atomic E-state index is 12.5. The summed E-state index contributed by atoms with van der Waals surface area (Å²) in [7, 11) is -3.31. The van der Waals surface area contributed by atoms with Crippen molar-refractivity contribution in [3.05, 3.63) is 30.3 Å². The Morgan fingerprint density at radius 2 is 1.80 bits per heavy atom. The molecule has 2 saturated heterocycles. The summed E-state index contributed by atoms with van der Waals surface area (Å²) < 4.78 is 30.5. The number of ether oxygens (including phenoxy) is 1. The minimum absolute atomic E-state index is 0.0524. The fourth-order valence-electron chi connectivity index (χ4n) is 3.64. The topological polar surface area (TPSA) is 70.1 Å². The molecule has 7 heteroatoms. The zero-order valence-corrected chi connectivity index (χ0v) is 15.5. The van der Waals surface area contributed by atoms with Gasteiger partial charge in [-0.15, -0.1) is 0 Å². The molecule has 0 radical (unpaired) electrons. The molecule has 1 N–H and O–H groups in total. The maximum absolute atomic E-state index is 12.5. The molecule has 0 unspecified atom stereocenters. The summed E-state index contributed by atoms with van der Waals surface area (Å²) in [5.74, 6) is 0.0524. The van der Waals surface area contributed by atoms with Gasteiger partial charge in [0.2, 0.25) is 0 Å². The fraction of sp³-hybridized carbons (Fsp3) is 0.667. The monoisotopic (exact) mass is 368 g/mol. The van der Waals surface area contributed by atoms with Gasteiger partial charge in [-0.3, -0.25) is 4.90 Å². The van der Waals surface area contributed by atoms with E-state index in [0.29, 0.717) is 44.3 Å². The van der Waals surface area contributed by atoms with Crippen molar-refractivity contribution in [1.82, 2.24) is 9.80 Å². The van der Waals surface area contributed by atoms with Crippen molar-refractivity contribution < 1.29 is 18.3 Å². The third kappa shape index (κ3) is 5.24. The van der Waals surface area contributed by atoms with E-state index in [9.17, 15) is 13.5 Å². The molecule has 140 valence electrons. The van der Waals surface area contributed by atoms with Crippen LogP contribution in [0, 0.1) is 0 Å². The van der Waals surface area contributed by atoms with Crippen LogP contribution >= 0.6 is 0 Å². The molecule has 2 aliphatic heterocycles. The molecule has 0 aromatic heterocycles. The Hall–Kier alpha value is -0.990. The summed E-state index contributed by atoms with van der Waals surface area (Å²) >= 11 is 0. The Balaban J connectivity index is 1.59. The van der Waals surface area contributed by atoms with Crippen LogP contribution in [0.4, 0.5) is 0 Å². The number of hydrogen-bond donors (Lipinski definition) is 1. The standard InChI is InChI=1S/C18H28N2O4S/c21-18(14-19-8-4-5-9-19)15-20(10-12-24-16-18)11-13-25(22,23)17-6-2-1-3-7-17/h1-3,6-7,21H,4-5,8-16H2/t18-/m1/s1. The minimum Gasteiger partial charge on any atom is -0.385 e. The first-order chi connectivity index (χ1) is 12.0. The molecule has 3 rings (SSSR count). The molecule has 6 nitrogen and oxygen atoms in total. The maximum Gasteiger partial charge on any atom is 0.179 e.